The number of sulfone groups is 1. The van der Waals surface area contributed by atoms with Gasteiger partial charge in [0.2, 0.25) is 5.91 Å². The van der Waals surface area contributed by atoms with Crippen molar-refractivity contribution in [1.82, 2.24) is 0 Å². The van der Waals surface area contributed by atoms with E-state index in [-0.39, 0.29) is 17.2 Å². The van der Waals surface area contributed by atoms with Crippen molar-refractivity contribution in [3.8, 4) is 17.2 Å². The van der Waals surface area contributed by atoms with Crippen LogP contribution in [0.25, 0.3) is 0 Å². The molecule has 0 unspecified atom stereocenters. The molecule has 0 spiro atoms. The van der Waals surface area contributed by atoms with Gasteiger partial charge in [0.05, 0.1) is 17.2 Å². The predicted octanol–water partition coefficient (Wildman–Crippen LogP) is 4.81. The van der Waals surface area contributed by atoms with Gasteiger partial charge in [-0.25, -0.2) is 8.42 Å². The number of carbonyl (C=O) groups excluding carboxylic acids is 1. The normalized spacial score (nSPS) is 12.7. The Bertz CT molecular complexity index is 1240. The van der Waals surface area contributed by atoms with Crippen molar-refractivity contribution in [3.63, 3.8) is 0 Å². The largest absolute Gasteiger partial charge is 0.494 e. The van der Waals surface area contributed by atoms with E-state index in [4.69, 9.17) is 14.2 Å². The van der Waals surface area contributed by atoms with Crippen LogP contribution in [0.4, 0.5) is 5.69 Å². The fraction of sp³-hybridized carbons (Fsp3) is 0.240. The fourth-order valence-electron chi connectivity index (χ4n) is 3.29. The molecule has 1 aliphatic heterocycles. The van der Waals surface area contributed by atoms with Crippen LogP contribution >= 0.6 is 11.8 Å². The van der Waals surface area contributed by atoms with Crippen molar-refractivity contribution in [1.29, 1.82) is 0 Å². The third-order valence-corrected chi connectivity index (χ3v) is 7.15. The second kappa shape index (κ2) is 10.8. The SMILES string of the molecule is CS(=O)(=O)c1ccc(OCCCC(=O)Nc2cc3c(cc2Sc2ccccc2)OCCO3)cc1. The van der Waals surface area contributed by atoms with Gasteiger partial charge in [0, 0.05) is 34.6 Å². The molecule has 1 heterocycles. The average molecular weight is 500 g/mol. The predicted molar refractivity (Wildman–Crippen MR) is 131 cm³/mol. The molecule has 1 N–H and O–H groups in total. The third-order valence-electron chi connectivity index (χ3n) is 4.96. The van der Waals surface area contributed by atoms with Crippen LogP contribution in [-0.4, -0.2) is 40.4 Å². The molecular weight excluding hydrogens is 474 g/mol. The first-order valence-corrected chi connectivity index (χ1v) is 13.5. The molecule has 3 aromatic rings. The number of anilines is 1. The first-order valence-electron chi connectivity index (χ1n) is 10.8. The molecular formula is C25H25NO6S2. The molecule has 0 radical (unpaired) electrons. The van der Waals surface area contributed by atoms with Crippen molar-refractivity contribution in [2.45, 2.75) is 27.5 Å². The minimum Gasteiger partial charge on any atom is -0.494 e. The van der Waals surface area contributed by atoms with Crippen LogP contribution in [0.15, 0.2) is 81.4 Å². The topological polar surface area (TPSA) is 90.9 Å². The summed E-state index contributed by atoms with van der Waals surface area (Å²) in [5.41, 5.74) is 0.667. The van der Waals surface area contributed by atoms with E-state index in [1.54, 1.807) is 18.2 Å². The molecule has 0 saturated heterocycles. The zero-order valence-corrected chi connectivity index (χ0v) is 20.3. The third kappa shape index (κ3) is 6.45. The lowest BCUT2D eigenvalue weighted by molar-refractivity contribution is -0.116. The Balaban J connectivity index is 1.35. The number of hydrogen-bond acceptors (Lipinski definition) is 7. The van der Waals surface area contributed by atoms with Crippen LogP contribution in [0, 0.1) is 0 Å². The lowest BCUT2D eigenvalue weighted by atomic mass is 10.2. The lowest BCUT2D eigenvalue weighted by Crippen LogP contribution is -2.17. The van der Waals surface area contributed by atoms with Gasteiger partial charge in [-0.05, 0) is 42.8 Å². The molecule has 0 aliphatic carbocycles. The summed E-state index contributed by atoms with van der Waals surface area (Å²) >= 11 is 1.54. The molecule has 0 bridgehead atoms. The van der Waals surface area contributed by atoms with Gasteiger partial charge in [-0.3, -0.25) is 4.79 Å². The highest BCUT2D eigenvalue weighted by atomic mass is 32.2. The van der Waals surface area contributed by atoms with E-state index in [1.165, 1.54) is 23.9 Å². The van der Waals surface area contributed by atoms with Crippen LogP contribution in [0.1, 0.15) is 12.8 Å². The number of carbonyl (C=O) groups is 1. The summed E-state index contributed by atoms with van der Waals surface area (Å²) in [5, 5.41) is 2.99. The maximum absolute atomic E-state index is 12.6. The van der Waals surface area contributed by atoms with Gasteiger partial charge in [-0.2, -0.15) is 0 Å². The van der Waals surface area contributed by atoms with Crippen LogP contribution < -0.4 is 19.5 Å². The van der Waals surface area contributed by atoms with Gasteiger partial charge in [0.25, 0.3) is 0 Å². The molecule has 0 atom stereocenters. The molecule has 0 aromatic heterocycles. The second-order valence-corrected chi connectivity index (χ2v) is 10.8. The number of nitrogens with one attached hydrogen (secondary N) is 1. The highest BCUT2D eigenvalue weighted by Crippen LogP contribution is 2.42. The first-order chi connectivity index (χ1) is 16.4. The van der Waals surface area contributed by atoms with Crippen molar-refractivity contribution >= 4 is 33.2 Å². The molecule has 178 valence electrons. The van der Waals surface area contributed by atoms with Crippen molar-refractivity contribution in [2.24, 2.45) is 0 Å². The summed E-state index contributed by atoms with van der Waals surface area (Å²) in [4.78, 5) is 14.8. The van der Waals surface area contributed by atoms with Crippen LogP contribution in [0.3, 0.4) is 0 Å². The van der Waals surface area contributed by atoms with E-state index in [0.29, 0.717) is 49.2 Å². The molecule has 7 nitrogen and oxygen atoms in total. The number of benzene rings is 3. The summed E-state index contributed by atoms with van der Waals surface area (Å²) in [6.07, 6.45) is 1.93. The maximum Gasteiger partial charge on any atom is 0.224 e. The molecule has 1 aliphatic rings. The number of amides is 1. The molecule has 0 saturated carbocycles. The van der Waals surface area contributed by atoms with Crippen LogP contribution in [0.2, 0.25) is 0 Å². The quantitative estimate of drug-likeness (QED) is 0.423. The van der Waals surface area contributed by atoms with Gasteiger partial charge < -0.3 is 19.5 Å². The van der Waals surface area contributed by atoms with Gasteiger partial charge in [0.1, 0.15) is 19.0 Å². The van der Waals surface area contributed by atoms with E-state index in [0.717, 1.165) is 16.0 Å². The van der Waals surface area contributed by atoms with E-state index < -0.39 is 9.84 Å². The molecule has 3 aromatic carbocycles. The Morgan fingerprint density at radius 3 is 2.35 bits per heavy atom. The summed E-state index contributed by atoms with van der Waals surface area (Å²) in [5.74, 6) is 1.70. The summed E-state index contributed by atoms with van der Waals surface area (Å²) in [6, 6.07) is 19.8. The minimum atomic E-state index is -3.24. The van der Waals surface area contributed by atoms with E-state index in [2.05, 4.69) is 5.32 Å². The Labute approximate surface area is 203 Å². The Hall–Kier alpha value is -3.17. The van der Waals surface area contributed by atoms with Gasteiger partial charge in [-0.15, -0.1) is 0 Å². The van der Waals surface area contributed by atoms with Crippen LogP contribution in [-0.2, 0) is 14.6 Å². The molecule has 9 heteroatoms. The first kappa shape index (κ1) is 24.0. The maximum atomic E-state index is 12.6. The van der Waals surface area contributed by atoms with Crippen molar-refractivity contribution < 1.29 is 27.4 Å². The average Bonchev–Trinajstić information content (AvgIpc) is 2.82. The highest BCUT2D eigenvalue weighted by Gasteiger charge is 2.18. The summed E-state index contributed by atoms with van der Waals surface area (Å²) in [6.45, 7) is 1.29. The molecule has 4 rings (SSSR count). The van der Waals surface area contributed by atoms with Crippen molar-refractivity contribution in [3.05, 3.63) is 66.7 Å². The monoisotopic (exact) mass is 499 g/mol. The lowest BCUT2D eigenvalue weighted by Gasteiger charge is -2.21. The Morgan fingerprint density at radius 1 is 1.00 bits per heavy atom. The highest BCUT2D eigenvalue weighted by molar-refractivity contribution is 7.99. The minimum absolute atomic E-state index is 0.136. The molecule has 1 amide bonds. The van der Waals surface area contributed by atoms with E-state index in [1.807, 2.05) is 36.4 Å². The summed E-state index contributed by atoms with van der Waals surface area (Å²) in [7, 11) is -3.24. The van der Waals surface area contributed by atoms with Gasteiger partial charge in [-0.1, -0.05) is 30.0 Å². The number of ether oxygens (including phenoxy) is 3. The van der Waals surface area contributed by atoms with Crippen molar-refractivity contribution in [2.75, 3.05) is 31.4 Å². The standard InChI is InChI=1S/C25H25NO6S2/c1-34(28,29)20-11-9-18(10-12-20)30-13-5-8-25(27)26-21-16-22-23(32-15-14-31-22)17-24(21)33-19-6-3-2-4-7-19/h2-4,6-7,9-12,16-17H,5,8,13-15H2,1H3,(H,26,27). The number of hydrogen-bond donors (Lipinski definition) is 1. The molecule has 34 heavy (non-hydrogen) atoms. The second-order valence-electron chi connectivity index (χ2n) is 7.65. The zero-order valence-electron chi connectivity index (χ0n) is 18.7. The molecule has 0 fully saturated rings. The van der Waals surface area contributed by atoms with Gasteiger partial charge >= 0.3 is 0 Å². The van der Waals surface area contributed by atoms with E-state index in [9.17, 15) is 13.2 Å². The number of fused-ring (bicyclic) bond motifs is 1. The fourth-order valence-corrected chi connectivity index (χ4v) is 4.85. The smallest absolute Gasteiger partial charge is 0.224 e. The number of rotatable bonds is 9. The van der Waals surface area contributed by atoms with Gasteiger partial charge in [0.15, 0.2) is 21.3 Å². The Morgan fingerprint density at radius 2 is 1.68 bits per heavy atom. The van der Waals surface area contributed by atoms with Crippen LogP contribution in [0.5, 0.6) is 17.2 Å². The van der Waals surface area contributed by atoms with E-state index >= 15 is 0 Å². The Kier molecular flexibility index (Phi) is 7.64. The summed E-state index contributed by atoms with van der Waals surface area (Å²) < 4.78 is 40.1. The zero-order chi connectivity index (χ0) is 24.0.